The van der Waals surface area contributed by atoms with Crippen LogP contribution in [0.1, 0.15) is 11.1 Å². The van der Waals surface area contributed by atoms with Crippen LogP contribution in [0.2, 0.25) is 0 Å². The fourth-order valence-electron chi connectivity index (χ4n) is 1.64. The zero-order valence-corrected chi connectivity index (χ0v) is 7.59. The molecule has 0 unspecified atom stereocenters. The topological polar surface area (TPSA) is 15.3 Å². The summed E-state index contributed by atoms with van der Waals surface area (Å²) >= 11 is 0. The molecule has 0 spiro atoms. The van der Waals surface area contributed by atoms with E-state index in [1.165, 1.54) is 16.8 Å². The predicted octanol–water partition coefficient (Wildman–Crippen LogP) is 1.49. The van der Waals surface area contributed by atoms with Crippen LogP contribution in [-0.2, 0) is 6.42 Å². The average molecular weight is 162 g/mol. The zero-order valence-electron chi connectivity index (χ0n) is 7.59. The van der Waals surface area contributed by atoms with Gasteiger partial charge in [0.2, 0.25) is 0 Å². The van der Waals surface area contributed by atoms with Gasteiger partial charge in [0, 0.05) is 13.6 Å². The quantitative estimate of drug-likeness (QED) is 0.621. The summed E-state index contributed by atoms with van der Waals surface area (Å²) in [6, 6.07) is 6.63. The van der Waals surface area contributed by atoms with Crippen LogP contribution in [0.4, 0.5) is 5.69 Å². The third-order valence-electron chi connectivity index (χ3n) is 2.35. The Morgan fingerprint density at radius 1 is 1.42 bits per heavy atom. The fraction of sp³-hybridized carbons (Fsp3) is 0.400. The number of hydrogen-bond donors (Lipinski definition) is 1. The molecule has 1 aliphatic heterocycles. The fourth-order valence-corrected chi connectivity index (χ4v) is 1.64. The highest BCUT2D eigenvalue weighted by molar-refractivity contribution is 5.55. The minimum absolute atomic E-state index is 1.05. The maximum absolute atomic E-state index is 3.30. The molecule has 2 nitrogen and oxygen atoms in total. The van der Waals surface area contributed by atoms with Gasteiger partial charge in [-0.05, 0) is 30.5 Å². The van der Waals surface area contributed by atoms with Gasteiger partial charge >= 0.3 is 0 Å². The summed E-state index contributed by atoms with van der Waals surface area (Å²) in [5.41, 5.74) is 7.39. The lowest BCUT2D eigenvalue weighted by Crippen LogP contribution is -2.40. The van der Waals surface area contributed by atoms with E-state index in [0.29, 0.717) is 0 Å². The van der Waals surface area contributed by atoms with Gasteiger partial charge in [-0.1, -0.05) is 12.1 Å². The Bertz CT molecular complexity index is 294. The molecule has 0 radical (unpaired) electrons. The van der Waals surface area contributed by atoms with E-state index in [-0.39, 0.29) is 0 Å². The number of aryl methyl sites for hydroxylation is 1. The molecule has 0 aliphatic carbocycles. The molecule has 1 N–H and O–H groups in total. The van der Waals surface area contributed by atoms with Crippen molar-refractivity contribution in [1.82, 2.24) is 5.43 Å². The Balaban J connectivity index is 2.47. The monoisotopic (exact) mass is 162 g/mol. The molecule has 0 atom stereocenters. The van der Waals surface area contributed by atoms with Crippen molar-refractivity contribution in [3.05, 3.63) is 29.3 Å². The van der Waals surface area contributed by atoms with E-state index in [4.69, 9.17) is 0 Å². The molecule has 0 bridgehead atoms. The van der Waals surface area contributed by atoms with Crippen LogP contribution in [0, 0.1) is 6.92 Å². The smallest absolute Gasteiger partial charge is 0.0551 e. The lowest BCUT2D eigenvalue weighted by Gasteiger charge is -2.28. The standard InChI is InChI=1S/C10H14N2/c1-8-3-4-9-5-6-11-12(2)10(9)7-8/h3-4,7,11H,5-6H2,1-2H3. The Morgan fingerprint density at radius 3 is 3.08 bits per heavy atom. The van der Waals surface area contributed by atoms with Gasteiger partial charge in [0.05, 0.1) is 5.69 Å². The van der Waals surface area contributed by atoms with Crippen molar-refractivity contribution < 1.29 is 0 Å². The molecule has 1 heterocycles. The van der Waals surface area contributed by atoms with Crippen molar-refractivity contribution >= 4 is 5.69 Å². The van der Waals surface area contributed by atoms with E-state index in [1.54, 1.807) is 0 Å². The molecule has 1 aromatic rings. The van der Waals surface area contributed by atoms with Gasteiger partial charge in [-0.3, -0.25) is 0 Å². The van der Waals surface area contributed by atoms with Crippen molar-refractivity contribution in [2.24, 2.45) is 0 Å². The first kappa shape index (κ1) is 7.62. The van der Waals surface area contributed by atoms with Gasteiger partial charge in [0.1, 0.15) is 0 Å². The van der Waals surface area contributed by atoms with Crippen LogP contribution < -0.4 is 10.4 Å². The molecule has 0 amide bonds. The van der Waals surface area contributed by atoms with Gasteiger partial charge in [-0.2, -0.15) is 0 Å². The SMILES string of the molecule is Cc1ccc2c(c1)N(C)NCC2. The van der Waals surface area contributed by atoms with Crippen LogP contribution in [0.25, 0.3) is 0 Å². The minimum Gasteiger partial charge on any atom is -0.311 e. The van der Waals surface area contributed by atoms with Gasteiger partial charge in [0.25, 0.3) is 0 Å². The molecule has 12 heavy (non-hydrogen) atoms. The van der Waals surface area contributed by atoms with Crippen molar-refractivity contribution in [3.63, 3.8) is 0 Å². The molecule has 1 aliphatic rings. The number of hydrazine groups is 1. The van der Waals surface area contributed by atoms with Crippen LogP contribution in [0.15, 0.2) is 18.2 Å². The van der Waals surface area contributed by atoms with Gasteiger partial charge in [0.15, 0.2) is 0 Å². The van der Waals surface area contributed by atoms with Crippen LogP contribution in [0.5, 0.6) is 0 Å². The molecule has 0 aromatic heterocycles. The summed E-state index contributed by atoms with van der Waals surface area (Å²) in [6.07, 6.45) is 1.14. The van der Waals surface area contributed by atoms with Crippen molar-refractivity contribution in [2.45, 2.75) is 13.3 Å². The second kappa shape index (κ2) is 2.79. The second-order valence-electron chi connectivity index (χ2n) is 3.35. The lowest BCUT2D eigenvalue weighted by atomic mass is 10.1. The van der Waals surface area contributed by atoms with E-state index in [0.717, 1.165) is 13.0 Å². The highest BCUT2D eigenvalue weighted by atomic mass is 15.5. The molecule has 64 valence electrons. The molecule has 0 fully saturated rings. The summed E-state index contributed by atoms with van der Waals surface area (Å²) in [5, 5.41) is 2.10. The van der Waals surface area contributed by atoms with E-state index in [9.17, 15) is 0 Å². The summed E-state index contributed by atoms with van der Waals surface area (Å²) < 4.78 is 0. The van der Waals surface area contributed by atoms with Crippen LogP contribution in [0.3, 0.4) is 0 Å². The van der Waals surface area contributed by atoms with Crippen molar-refractivity contribution in [2.75, 3.05) is 18.6 Å². The summed E-state index contributed by atoms with van der Waals surface area (Å²) in [7, 11) is 2.07. The van der Waals surface area contributed by atoms with Crippen LogP contribution in [-0.4, -0.2) is 13.6 Å². The molecule has 1 aromatic carbocycles. The number of nitrogens with one attached hydrogen (secondary N) is 1. The maximum atomic E-state index is 3.30. The van der Waals surface area contributed by atoms with Gasteiger partial charge in [-0.25, -0.2) is 5.43 Å². The minimum atomic E-state index is 1.05. The first-order valence-corrected chi connectivity index (χ1v) is 4.34. The lowest BCUT2D eigenvalue weighted by molar-refractivity contribution is 0.640. The highest BCUT2D eigenvalue weighted by Gasteiger charge is 2.11. The Morgan fingerprint density at radius 2 is 2.25 bits per heavy atom. The molecular weight excluding hydrogens is 148 g/mol. The zero-order chi connectivity index (χ0) is 8.55. The maximum Gasteiger partial charge on any atom is 0.0551 e. The molecular formula is C10H14N2. The van der Waals surface area contributed by atoms with E-state index >= 15 is 0 Å². The molecule has 0 saturated heterocycles. The number of anilines is 1. The van der Waals surface area contributed by atoms with E-state index < -0.39 is 0 Å². The Kier molecular flexibility index (Phi) is 1.77. The second-order valence-corrected chi connectivity index (χ2v) is 3.35. The largest absolute Gasteiger partial charge is 0.311 e. The number of rotatable bonds is 0. The number of benzene rings is 1. The normalized spacial score (nSPS) is 16.0. The Labute approximate surface area is 73.2 Å². The third kappa shape index (κ3) is 1.18. The number of nitrogens with zero attached hydrogens (tertiary/aromatic N) is 1. The number of fused-ring (bicyclic) bond motifs is 1. The average Bonchev–Trinajstić information content (AvgIpc) is 2.07. The first-order valence-electron chi connectivity index (χ1n) is 4.34. The summed E-state index contributed by atoms with van der Waals surface area (Å²) in [5.74, 6) is 0. The highest BCUT2D eigenvalue weighted by Crippen LogP contribution is 2.22. The van der Waals surface area contributed by atoms with Gasteiger partial charge < -0.3 is 5.01 Å². The van der Waals surface area contributed by atoms with Crippen molar-refractivity contribution in [1.29, 1.82) is 0 Å². The van der Waals surface area contributed by atoms with E-state index in [1.807, 2.05) is 0 Å². The number of hydrogen-bond acceptors (Lipinski definition) is 2. The molecule has 2 heteroatoms. The molecule has 2 rings (SSSR count). The van der Waals surface area contributed by atoms with Crippen molar-refractivity contribution in [3.8, 4) is 0 Å². The summed E-state index contributed by atoms with van der Waals surface area (Å²) in [4.78, 5) is 0. The summed E-state index contributed by atoms with van der Waals surface area (Å²) in [6.45, 7) is 3.18. The third-order valence-corrected chi connectivity index (χ3v) is 2.35. The first-order chi connectivity index (χ1) is 5.77. The predicted molar refractivity (Wildman–Crippen MR) is 51.3 cm³/mol. The van der Waals surface area contributed by atoms with E-state index in [2.05, 4.69) is 42.6 Å². The Hall–Kier alpha value is -1.02. The molecule has 0 saturated carbocycles. The van der Waals surface area contributed by atoms with Crippen LogP contribution >= 0.6 is 0 Å². The van der Waals surface area contributed by atoms with Gasteiger partial charge in [-0.15, -0.1) is 0 Å².